The number of hydrogen-bond acceptors (Lipinski definition) is 4. The molecule has 1 aromatic heterocycles. The van der Waals surface area contributed by atoms with Crippen molar-refractivity contribution >= 4 is 39.3 Å². The zero-order valence-electron chi connectivity index (χ0n) is 13.5. The van der Waals surface area contributed by atoms with Crippen molar-refractivity contribution in [3.05, 3.63) is 46.7 Å². The van der Waals surface area contributed by atoms with E-state index >= 15 is 0 Å². The minimum Gasteiger partial charge on any atom is -0.325 e. The first kappa shape index (κ1) is 17.2. The van der Waals surface area contributed by atoms with Gasteiger partial charge in [0.1, 0.15) is 5.82 Å². The summed E-state index contributed by atoms with van der Waals surface area (Å²) in [5.74, 6) is 1.79. The lowest BCUT2D eigenvalue weighted by Gasteiger charge is -2.09. The molecular weight excluding hydrogens is 388 g/mol. The van der Waals surface area contributed by atoms with Gasteiger partial charge in [-0.1, -0.05) is 33.8 Å². The van der Waals surface area contributed by atoms with E-state index in [1.54, 1.807) is 0 Å². The molecular formula is C17H19BrN4OS. The summed E-state index contributed by atoms with van der Waals surface area (Å²) in [6, 6.07) is 5.79. The zero-order chi connectivity index (χ0) is 17.1. The molecule has 1 aliphatic carbocycles. The molecule has 1 aliphatic rings. The summed E-state index contributed by atoms with van der Waals surface area (Å²) in [5, 5.41) is 12.3. The number of benzene rings is 1. The first-order chi connectivity index (χ1) is 11.6. The highest BCUT2D eigenvalue weighted by Crippen LogP contribution is 2.40. The number of aromatic nitrogens is 3. The first-order valence-corrected chi connectivity index (χ1v) is 9.59. The van der Waals surface area contributed by atoms with Gasteiger partial charge in [-0.15, -0.1) is 16.8 Å². The van der Waals surface area contributed by atoms with Gasteiger partial charge >= 0.3 is 0 Å². The van der Waals surface area contributed by atoms with E-state index in [1.807, 2.05) is 31.2 Å². The number of carbonyl (C=O) groups excluding carboxylic acids is 1. The topological polar surface area (TPSA) is 59.8 Å². The summed E-state index contributed by atoms with van der Waals surface area (Å²) in [7, 11) is 0. The molecule has 0 bridgehead atoms. The number of halogens is 1. The minimum atomic E-state index is -0.0495. The van der Waals surface area contributed by atoms with Crippen molar-refractivity contribution in [1.29, 1.82) is 0 Å². The molecule has 0 saturated heterocycles. The molecule has 0 atom stereocenters. The summed E-state index contributed by atoms with van der Waals surface area (Å²) >= 11 is 4.83. The van der Waals surface area contributed by atoms with Crippen LogP contribution in [-0.4, -0.2) is 26.4 Å². The number of hydrogen-bond donors (Lipinski definition) is 1. The summed E-state index contributed by atoms with van der Waals surface area (Å²) in [6.07, 6.45) is 4.18. The summed E-state index contributed by atoms with van der Waals surface area (Å²) in [5.41, 5.74) is 1.85. The smallest absolute Gasteiger partial charge is 0.234 e. The van der Waals surface area contributed by atoms with Crippen LogP contribution < -0.4 is 5.32 Å². The summed E-state index contributed by atoms with van der Waals surface area (Å²) < 4.78 is 3.06. The van der Waals surface area contributed by atoms with E-state index in [9.17, 15) is 4.79 Å². The second-order valence-electron chi connectivity index (χ2n) is 5.81. The third-order valence-electron chi connectivity index (χ3n) is 3.79. The maximum absolute atomic E-state index is 12.2. The molecule has 1 N–H and O–H groups in total. The molecule has 5 nitrogen and oxygen atoms in total. The first-order valence-electron chi connectivity index (χ1n) is 7.81. The molecule has 24 heavy (non-hydrogen) atoms. The number of carbonyl (C=O) groups is 1. The predicted octanol–water partition coefficient (Wildman–Crippen LogP) is 4.14. The van der Waals surface area contributed by atoms with E-state index in [0.717, 1.165) is 26.7 Å². The number of nitrogens with zero attached hydrogens (tertiary/aromatic N) is 3. The molecule has 1 aromatic carbocycles. The maximum atomic E-state index is 12.2. The molecule has 1 heterocycles. The highest BCUT2D eigenvalue weighted by atomic mass is 79.9. The Balaban J connectivity index is 1.62. The van der Waals surface area contributed by atoms with Gasteiger partial charge in [0, 0.05) is 22.6 Å². The van der Waals surface area contributed by atoms with E-state index in [1.165, 1.54) is 24.6 Å². The Labute approximate surface area is 154 Å². The van der Waals surface area contributed by atoms with Crippen LogP contribution in [0.4, 0.5) is 5.69 Å². The molecule has 126 valence electrons. The fraction of sp³-hybridized carbons (Fsp3) is 0.353. The number of allylic oxidation sites excluding steroid dienone is 1. The van der Waals surface area contributed by atoms with Crippen molar-refractivity contribution in [2.45, 2.75) is 37.4 Å². The Kier molecular flexibility index (Phi) is 5.40. The lowest BCUT2D eigenvalue weighted by molar-refractivity contribution is -0.113. The molecule has 2 aromatic rings. The second kappa shape index (κ2) is 7.53. The third-order valence-corrected chi connectivity index (χ3v) is 5.25. The molecule has 1 fully saturated rings. The van der Waals surface area contributed by atoms with Crippen LogP contribution in [0.3, 0.4) is 0 Å². The van der Waals surface area contributed by atoms with Crippen molar-refractivity contribution < 1.29 is 4.79 Å². The molecule has 0 unspecified atom stereocenters. The van der Waals surface area contributed by atoms with Crippen LogP contribution in [0.1, 0.15) is 30.1 Å². The zero-order valence-corrected chi connectivity index (χ0v) is 15.9. The minimum absolute atomic E-state index is 0.0495. The van der Waals surface area contributed by atoms with Gasteiger partial charge in [-0.25, -0.2) is 0 Å². The molecule has 7 heteroatoms. The van der Waals surface area contributed by atoms with Crippen molar-refractivity contribution in [3.63, 3.8) is 0 Å². The van der Waals surface area contributed by atoms with Crippen LogP contribution in [-0.2, 0) is 11.3 Å². The normalized spacial score (nSPS) is 13.8. The SMILES string of the molecule is C=CCn1c(SCC(=O)Nc2ccc(Br)cc2C)nnc1C1CC1. The van der Waals surface area contributed by atoms with Crippen LogP contribution >= 0.6 is 27.7 Å². The van der Waals surface area contributed by atoms with Gasteiger partial charge in [0.2, 0.25) is 5.91 Å². The quantitative estimate of drug-likeness (QED) is 0.554. The third kappa shape index (κ3) is 4.08. The number of rotatable bonds is 7. The lowest BCUT2D eigenvalue weighted by atomic mass is 10.2. The molecule has 1 saturated carbocycles. The monoisotopic (exact) mass is 406 g/mol. The molecule has 0 aliphatic heterocycles. The average molecular weight is 407 g/mol. The fourth-order valence-electron chi connectivity index (χ4n) is 2.43. The van der Waals surface area contributed by atoms with Crippen molar-refractivity contribution in [3.8, 4) is 0 Å². The Hall–Kier alpha value is -1.60. The van der Waals surface area contributed by atoms with E-state index < -0.39 is 0 Å². The standard InChI is InChI=1S/C17H19BrN4OS/c1-3-8-22-16(12-4-5-12)20-21-17(22)24-10-15(23)19-14-7-6-13(18)9-11(14)2/h3,6-7,9,12H,1,4-5,8,10H2,2H3,(H,19,23). The predicted molar refractivity (Wildman–Crippen MR) is 100 cm³/mol. The van der Waals surface area contributed by atoms with Crippen LogP contribution in [0.25, 0.3) is 0 Å². The van der Waals surface area contributed by atoms with Gasteiger partial charge in [-0.05, 0) is 43.5 Å². The Morgan fingerprint density at radius 2 is 2.29 bits per heavy atom. The van der Waals surface area contributed by atoms with E-state index in [4.69, 9.17) is 0 Å². The number of nitrogens with one attached hydrogen (secondary N) is 1. The van der Waals surface area contributed by atoms with Gasteiger partial charge in [-0.2, -0.15) is 0 Å². The highest BCUT2D eigenvalue weighted by molar-refractivity contribution is 9.10. The van der Waals surface area contributed by atoms with Crippen LogP contribution in [0.5, 0.6) is 0 Å². The number of aryl methyl sites for hydroxylation is 1. The van der Waals surface area contributed by atoms with E-state index in [2.05, 4.69) is 42.6 Å². The summed E-state index contributed by atoms with van der Waals surface area (Å²) in [4.78, 5) is 12.2. The Morgan fingerprint density at radius 1 is 1.50 bits per heavy atom. The number of thioether (sulfide) groups is 1. The Morgan fingerprint density at radius 3 is 2.96 bits per heavy atom. The van der Waals surface area contributed by atoms with Gasteiger partial charge in [0.15, 0.2) is 5.16 Å². The average Bonchev–Trinajstić information content (AvgIpc) is 3.31. The van der Waals surface area contributed by atoms with Gasteiger partial charge in [0.25, 0.3) is 0 Å². The molecule has 1 amide bonds. The largest absolute Gasteiger partial charge is 0.325 e. The summed E-state index contributed by atoms with van der Waals surface area (Å²) in [6.45, 7) is 6.44. The molecule has 0 spiro atoms. The van der Waals surface area contributed by atoms with E-state index in [0.29, 0.717) is 18.2 Å². The van der Waals surface area contributed by atoms with Crippen LogP contribution in [0.15, 0.2) is 40.5 Å². The number of anilines is 1. The van der Waals surface area contributed by atoms with Crippen molar-refractivity contribution in [2.75, 3.05) is 11.1 Å². The second-order valence-corrected chi connectivity index (χ2v) is 7.67. The molecule has 3 rings (SSSR count). The van der Waals surface area contributed by atoms with Gasteiger partial charge < -0.3 is 9.88 Å². The highest BCUT2D eigenvalue weighted by Gasteiger charge is 2.30. The maximum Gasteiger partial charge on any atom is 0.234 e. The molecule has 0 radical (unpaired) electrons. The van der Waals surface area contributed by atoms with Crippen molar-refractivity contribution in [1.82, 2.24) is 14.8 Å². The van der Waals surface area contributed by atoms with E-state index in [-0.39, 0.29) is 5.91 Å². The number of amides is 1. The van der Waals surface area contributed by atoms with Gasteiger partial charge in [-0.3, -0.25) is 4.79 Å². The van der Waals surface area contributed by atoms with Crippen LogP contribution in [0, 0.1) is 6.92 Å². The van der Waals surface area contributed by atoms with Crippen LogP contribution in [0.2, 0.25) is 0 Å². The lowest BCUT2D eigenvalue weighted by Crippen LogP contribution is -2.15. The van der Waals surface area contributed by atoms with Crippen molar-refractivity contribution in [2.24, 2.45) is 0 Å². The Bertz CT molecular complexity index is 770. The van der Waals surface area contributed by atoms with Gasteiger partial charge in [0.05, 0.1) is 5.75 Å². The fourth-order valence-corrected chi connectivity index (χ4v) is 3.67.